The lowest BCUT2D eigenvalue weighted by molar-refractivity contribution is -0.117. The number of aromatic nitrogens is 3. The maximum absolute atomic E-state index is 13.1. The Labute approximate surface area is 192 Å². The molecule has 0 saturated carbocycles. The summed E-state index contributed by atoms with van der Waals surface area (Å²) in [5.74, 6) is 2.10. The molecule has 170 valence electrons. The van der Waals surface area contributed by atoms with Gasteiger partial charge in [-0.2, -0.15) is 0 Å². The second kappa shape index (κ2) is 8.42. The van der Waals surface area contributed by atoms with Crippen molar-refractivity contribution in [2.75, 3.05) is 18.0 Å². The lowest BCUT2D eigenvalue weighted by Crippen LogP contribution is -2.39. The molecule has 1 saturated heterocycles. The second-order valence-corrected chi connectivity index (χ2v) is 8.85. The highest BCUT2D eigenvalue weighted by Gasteiger charge is 2.34. The summed E-state index contributed by atoms with van der Waals surface area (Å²) in [6.07, 6.45) is 2.07. The van der Waals surface area contributed by atoms with Crippen molar-refractivity contribution >= 4 is 17.6 Å². The van der Waals surface area contributed by atoms with Gasteiger partial charge in [-0.25, -0.2) is 15.0 Å². The fourth-order valence-electron chi connectivity index (χ4n) is 4.75. The van der Waals surface area contributed by atoms with Crippen molar-refractivity contribution in [3.8, 4) is 0 Å². The number of benzene rings is 1. The van der Waals surface area contributed by atoms with Gasteiger partial charge in [0.05, 0.1) is 18.7 Å². The van der Waals surface area contributed by atoms with Crippen LogP contribution in [-0.2, 0) is 17.8 Å². The van der Waals surface area contributed by atoms with Crippen LogP contribution in [0, 0.1) is 20.8 Å². The Balaban J connectivity index is 1.41. The molecule has 3 aromatic rings. The molecule has 0 radical (unpaired) electrons. The molecule has 2 aliphatic rings. The summed E-state index contributed by atoms with van der Waals surface area (Å²) in [5, 5.41) is 0. The van der Waals surface area contributed by atoms with E-state index in [4.69, 9.17) is 14.4 Å². The van der Waals surface area contributed by atoms with E-state index in [1.165, 1.54) is 0 Å². The van der Waals surface area contributed by atoms with Crippen LogP contribution in [0.4, 0.5) is 5.82 Å². The molecule has 5 rings (SSSR count). The highest BCUT2D eigenvalue weighted by Crippen LogP contribution is 2.34. The quantitative estimate of drug-likeness (QED) is 0.610. The number of fused-ring (bicyclic) bond motifs is 1. The standard InChI is InChI=1S/C25H27N5O3/c1-15-20-12-21(31)30(13-18-8-5-4-6-9-18)24(20)28-23(27-15)19-10-7-11-29(14-19)25(32)22-16(2)26-17(3)33-22/h4-6,8-9,19H,7,10-14H2,1-3H3/t19-/m0/s1. The molecule has 33 heavy (non-hydrogen) atoms. The van der Waals surface area contributed by atoms with E-state index in [0.717, 1.165) is 29.7 Å². The molecule has 0 aliphatic carbocycles. The third kappa shape index (κ3) is 4.01. The number of hydrogen-bond donors (Lipinski definition) is 0. The van der Waals surface area contributed by atoms with Gasteiger partial charge in [-0.05, 0) is 32.3 Å². The number of piperidine rings is 1. The van der Waals surface area contributed by atoms with Gasteiger partial charge in [0, 0.05) is 37.2 Å². The van der Waals surface area contributed by atoms with Gasteiger partial charge in [0.25, 0.3) is 5.91 Å². The predicted octanol–water partition coefficient (Wildman–Crippen LogP) is 3.50. The molecule has 1 atom stereocenters. The smallest absolute Gasteiger partial charge is 0.291 e. The molecule has 2 aromatic heterocycles. The molecule has 4 heterocycles. The van der Waals surface area contributed by atoms with E-state index in [2.05, 4.69) is 4.98 Å². The number of aryl methyl sites for hydroxylation is 3. The summed E-state index contributed by atoms with van der Waals surface area (Å²) in [4.78, 5) is 43.3. The number of hydrogen-bond acceptors (Lipinski definition) is 6. The van der Waals surface area contributed by atoms with Gasteiger partial charge in [-0.3, -0.25) is 14.5 Å². The normalized spacial score (nSPS) is 18.0. The number of carbonyl (C=O) groups excluding carboxylic acids is 2. The van der Waals surface area contributed by atoms with Crippen molar-refractivity contribution in [1.82, 2.24) is 19.9 Å². The number of anilines is 1. The summed E-state index contributed by atoms with van der Waals surface area (Å²) in [7, 11) is 0. The maximum Gasteiger partial charge on any atom is 0.291 e. The van der Waals surface area contributed by atoms with Crippen LogP contribution < -0.4 is 4.90 Å². The number of carbonyl (C=O) groups is 2. The first-order valence-corrected chi connectivity index (χ1v) is 11.4. The van der Waals surface area contributed by atoms with Crippen molar-refractivity contribution < 1.29 is 14.0 Å². The van der Waals surface area contributed by atoms with E-state index >= 15 is 0 Å². The van der Waals surface area contributed by atoms with Crippen LogP contribution in [0.2, 0.25) is 0 Å². The van der Waals surface area contributed by atoms with Crippen LogP contribution in [0.25, 0.3) is 0 Å². The highest BCUT2D eigenvalue weighted by molar-refractivity contribution is 6.00. The molecule has 1 fully saturated rings. The molecular formula is C25H27N5O3. The van der Waals surface area contributed by atoms with Crippen LogP contribution in [0.5, 0.6) is 0 Å². The van der Waals surface area contributed by atoms with Crippen molar-refractivity contribution in [2.24, 2.45) is 0 Å². The van der Waals surface area contributed by atoms with E-state index in [-0.39, 0.29) is 17.7 Å². The van der Waals surface area contributed by atoms with Crippen LogP contribution in [0.1, 0.15) is 63.5 Å². The molecule has 1 aromatic carbocycles. The van der Waals surface area contributed by atoms with Crippen LogP contribution >= 0.6 is 0 Å². The largest absolute Gasteiger partial charge is 0.436 e. The predicted molar refractivity (Wildman–Crippen MR) is 122 cm³/mol. The summed E-state index contributed by atoms with van der Waals surface area (Å²) < 4.78 is 5.55. The van der Waals surface area contributed by atoms with Crippen LogP contribution in [-0.4, -0.2) is 44.8 Å². The lowest BCUT2D eigenvalue weighted by atomic mass is 9.96. The molecule has 0 bridgehead atoms. The van der Waals surface area contributed by atoms with Gasteiger partial charge in [0.2, 0.25) is 11.7 Å². The number of oxazole rings is 1. The van der Waals surface area contributed by atoms with Crippen molar-refractivity contribution in [2.45, 2.75) is 52.5 Å². The summed E-state index contributed by atoms with van der Waals surface area (Å²) in [5.41, 5.74) is 3.41. The van der Waals surface area contributed by atoms with Crippen molar-refractivity contribution in [1.29, 1.82) is 0 Å². The Morgan fingerprint density at radius 3 is 2.61 bits per heavy atom. The van der Waals surface area contributed by atoms with Gasteiger partial charge in [0.1, 0.15) is 11.6 Å². The van der Waals surface area contributed by atoms with Crippen LogP contribution in [0.3, 0.4) is 0 Å². The topological polar surface area (TPSA) is 92.4 Å². The molecule has 0 unspecified atom stereocenters. The molecule has 8 heteroatoms. The zero-order valence-electron chi connectivity index (χ0n) is 19.2. The van der Waals surface area contributed by atoms with Gasteiger partial charge in [0.15, 0.2) is 5.89 Å². The lowest BCUT2D eigenvalue weighted by Gasteiger charge is -2.32. The van der Waals surface area contributed by atoms with Gasteiger partial charge in [-0.15, -0.1) is 0 Å². The number of amides is 2. The first-order valence-electron chi connectivity index (χ1n) is 11.4. The average molecular weight is 446 g/mol. The third-order valence-electron chi connectivity index (χ3n) is 6.45. The molecular weight excluding hydrogens is 418 g/mol. The highest BCUT2D eigenvalue weighted by atomic mass is 16.4. The van der Waals surface area contributed by atoms with E-state index in [1.54, 1.807) is 23.6 Å². The third-order valence-corrected chi connectivity index (χ3v) is 6.45. The summed E-state index contributed by atoms with van der Waals surface area (Å²) in [6.45, 7) is 7.14. The summed E-state index contributed by atoms with van der Waals surface area (Å²) in [6, 6.07) is 9.93. The molecule has 0 N–H and O–H groups in total. The maximum atomic E-state index is 13.1. The van der Waals surface area contributed by atoms with Gasteiger partial charge in [-0.1, -0.05) is 30.3 Å². The number of rotatable bonds is 4. The van der Waals surface area contributed by atoms with Crippen molar-refractivity contribution in [3.63, 3.8) is 0 Å². The van der Waals surface area contributed by atoms with Gasteiger partial charge < -0.3 is 9.32 Å². The zero-order valence-corrected chi connectivity index (χ0v) is 19.2. The Hall–Kier alpha value is -3.55. The minimum Gasteiger partial charge on any atom is -0.436 e. The molecule has 8 nitrogen and oxygen atoms in total. The molecule has 0 spiro atoms. The Kier molecular flexibility index (Phi) is 5.44. The SMILES string of the molecule is Cc1nc(C)c(C(=O)N2CCC[C@H](c3nc(C)c4c(n3)N(Cc3ccccc3)C(=O)C4)C2)o1. The van der Waals surface area contributed by atoms with E-state index in [0.29, 0.717) is 55.0 Å². The molecule has 2 amide bonds. The molecule has 2 aliphatic heterocycles. The first-order chi connectivity index (χ1) is 15.9. The Morgan fingerprint density at radius 2 is 1.88 bits per heavy atom. The Morgan fingerprint density at radius 1 is 1.09 bits per heavy atom. The fourth-order valence-corrected chi connectivity index (χ4v) is 4.75. The first kappa shape index (κ1) is 21.3. The van der Waals surface area contributed by atoms with E-state index in [9.17, 15) is 9.59 Å². The van der Waals surface area contributed by atoms with Crippen molar-refractivity contribution in [3.05, 3.63) is 70.3 Å². The Bertz CT molecular complexity index is 1220. The zero-order chi connectivity index (χ0) is 23.1. The van der Waals surface area contributed by atoms with E-state index < -0.39 is 0 Å². The fraction of sp³-hybridized carbons (Fsp3) is 0.400. The number of likely N-dealkylation sites (tertiary alicyclic amines) is 1. The monoisotopic (exact) mass is 445 g/mol. The van der Waals surface area contributed by atoms with Gasteiger partial charge >= 0.3 is 0 Å². The second-order valence-electron chi connectivity index (χ2n) is 8.85. The number of nitrogens with zero attached hydrogens (tertiary/aromatic N) is 5. The summed E-state index contributed by atoms with van der Waals surface area (Å²) >= 11 is 0. The average Bonchev–Trinajstić information content (AvgIpc) is 3.32. The minimum atomic E-state index is -0.142. The minimum absolute atomic E-state index is 0.00491. The van der Waals surface area contributed by atoms with E-state index in [1.807, 2.05) is 37.3 Å². The van der Waals surface area contributed by atoms with Crippen LogP contribution in [0.15, 0.2) is 34.7 Å².